The van der Waals surface area contributed by atoms with E-state index >= 15 is 0 Å². The Morgan fingerprint density at radius 3 is 2.23 bits per heavy atom. The van der Waals surface area contributed by atoms with Crippen molar-refractivity contribution in [1.82, 2.24) is 0 Å². The third-order valence-corrected chi connectivity index (χ3v) is 4.78. The molecule has 0 saturated heterocycles. The van der Waals surface area contributed by atoms with E-state index in [1.807, 2.05) is 0 Å². The Labute approximate surface area is 79.5 Å². The SMILES string of the molecule is NC12CC3CC(CC(C3)C1CO)C2. The van der Waals surface area contributed by atoms with E-state index in [9.17, 15) is 5.11 Å². The highest BCUT2D eigenvalue weighted by atomic mass is 16.3. The van der Waals surface area contributed by atoms with Crippen molar-refractivity contribution >= 4 is 0 Å². The van der Waals surface area contributed by atoms with E-state index in [0.717, 1.165) is 17.8 Å². The Hall–Kier alpha value is -0.0800. The molecule has 0 amide bonds. The smallest absolute Gasteiger partial charge is 0.0479 e. The summed E-state index contributed by atoms with van der Waals surface area (Å²) < 4.78 is 0. The lowest BCUT2D eigenvalue weighted by Crippen LogP contribution is -2.63. The summed E-state index contributed by atoms with van der Waals surface area (Å²) in [7, 11) is 0. The maximum atomic E-state index is 9.38. The molecular formula is C11H19NO. The van der Waals surface area contributed by atoms with Gasteiger partial charge in [0.1, 0.15) is 0 Å². The van der Waals surface area contributed by atoms with Crippen LogP contribution < -0.4 is 5.73 Å². The molecule has 4 bridgehead atoms. The highest BCUT2D eigenvalue weighted by Gasteiger charge is 2.54. The average Bonchev–Trinajstić information content (AvgIpc) is 2.00. The van der Waals surface area contributed by atoms with Crippen molar-refractivity contribution in [3.05, 3.63) is 0 Å². The molecule has 4 rings (SSSR count). The zero-order chi connectivity index (χ0) is 9.05. The Balaban J connectivity index is 1.93. The Morgan fingerprint density at radius 2 is 1.77 bits per heavy atom. The fraction of sp³-hybridized carbons (Fsp3) is 1.00. The van der Waals surface area contributed by atoms with Crippen LogP contribution in [-0.4, -0.2) is 17.3 Å². The summed E-state index contributed by atoms with van der Waals surface area (Å²) in [5.74, 6) is 2.96. The Kier molecular flexibility index (Phi) is 1.58. The van der Waals surface area contributed by atoms with Crippen LogP contribution in [0.15, 0.2) is 0 Å². The van der Waals surface area contributed by atoms with Crippen LogP contribution in [0.1, 0.15) is 32.1 Å². The lowest BCUT2D eigenvalue weighted by molar-refractivity contribution is -0.0742. The number of hydrogen-bond donors (Lipinski definition) is 2. The van der Waals surface area contributed by atoms with Crippen LogP contribution in [0.2, 0.25) is 0 Å². The highest BCUT2D eigenvalue weighted by molar-refractivity contribution is 5.09. The molecule has 4 aliphatic rings. The largest absolute Gasteiger partial charge is 0.396 e. The van der Waals surface area contributed by atoms with Gasteiger partial charge in [-0.2, -0.15) is 0 Å². The van der Waals surface area contributed by atoms with Gasteiger partial charge in [0.25, 0.3) is 0 Å². The maximum absolute atomic E-state index is 9.38. The van der Waals surface area contributed by atoms with E-state index in [-0.39, 0.29) is 5.54 Å². The van der Waals surface area contributed by atoms with Gasteiger partial charge in [0.2, 0.25) is 0 Å². The minimum atomic E-state index is 0.0174. The van der Waals surface area contributed by atoms with Crippen molar-refractivity contribution in [2.24, 2.45) is 29.4 Å². The molecule has 4 saturated carbocycles. The van der Waals surface area contributed by atoms with Gasteiger partial charge in [-0.15, -0.1) is 0 Å². The minimum Gasteiger partial charge on any atom is -0.396 e. The summed E-state index contributed by atoms with van der Waals surface area (Å²) in [4.78, 5) is 0. The standard InChI is InChI=1S/C11H19NO/c12-11-4-7-1-8(5-11)3-9(2-7)10(11)6-13/h7-10,13H,1-6,12H2. The molecule has 0 aliphatic heterocycles. The van der Waals surface area contributed by atoms with E-state index in [1.54, 1.807) is 0 Å². The van der Waals surface area contributed by atoms with Gasteiger partial charge >= 0.3 is 0 Å². The molecule has 74 valence electrons. The quantitative estimate of drug-likeness (QED) is 0.637. The van der Waals surface area contributed by atoms with Gasteiger partial charge in [-0.1, -0.05) is 0 Å². The normalized spacial score (nSPS) is 58.6. The van der Waals surface area contributed by atoms with Crippen molar-refractivity contribution in [2.45, 2.75) is 37.6 Å². The lowest BCUT2D eigenvalue weighted by Gasteiger charge is -2.59. The van der Waals surface area contributed by atoms with Crippen LogP contribution in [0.25, 0.3) is 0 Å². The Bertz CT molecular complexity index is 214. The van der Waals surface area contributed by atoms with Gasteiger partial charge < -0.3 is 10.8 Å². The number of hydrogen-bond acceptors (Lipinski definition) is 2. The van der Waals surface area contributed by atoms with Crippen LogP contribution in [0.5, 0.6) is 0 Å². The summed E-state index contributed by atoms with van der Waals surface area (Å²) in [5.41, 5.74) is 6.43. The number of nitrogens with two attached hydrogens (primary N) is 1. The molecule has 4 aliphatic carbocycles. The monoisotopic (exact) mass is 181 g/mol. The van der Waals surface area contributed by atoms with Crippen LogP contribution in [0.3, 0.4) is 0 Å². The molecule has 0 heterocycles. The second-order valence-electron chi connectivity index (χ2n) is 5.63. The first-order valence-electron chi connectivity index (χ1n) is 5.61. The summed E-state index contributed by atoms with van der Waals surface area (Å²) in [6.45, 7) is 0.320. The predicted octanol–water partition coefficient (Wildman–Crippen LogP) is 1.13. The molecule has 0 radical (unpaired) electrons. The van der Waals surface area contributed by atoms with Gasteiger partial charge in [0.15, 0.2) is 0 Å². The number of aliphatic hydroxyl groups excluding tert-OH is 1. The van der Waals surface area contributed by atoms with Crippen molar-refractivity contribution in [2.75, 3.05) is 6.61 Å². The topological polar surface area (TPSA) is 46.2 Å². The molecule has 0 spiro atoms. The number of aliphatic hydroxyl groups is 1. The molecular weight excluding hydrogens is 162 g/mol. The van der Waals surface area contributed by atoms with Crippen LogP contribution >= 0.6 is 0 Å². The number of rotatable bonds is 1. The molecule has 0 aromatic heterocycles. The second kappa shape index (κ2) is 2.48. The van der Waals surface area contributed by atoms with Gasteiger partial charge in [-0.05, 0) is 49.9 Å². The molecule has 0 aromatic carbocycles. The van der Waals surface area contributed by atoms with Crippen LogP contribution in [0.4, 0.5) is 0 Å². The lowest BCUT2D eigenvalue weighted by atomic mass is 9.49. The average molecular weight is 181 g/mol. The molecule has 2 heteroatoms. The fourth-order valence-electron chi connectivity index (χ4n) is 4.54. The molecule has 2 nitrogen and oxygen atoms in total. The minimum absolute atomic E-state index is 0.0174. The van der Waals surface area contributed by atoms with E-state index in [1.165, 1.54) is 32.1 Å². The maximum Gasteiger partial charge on any atom is 0.0479 e. The fourth-order valence-corrected chi connectivity index (χ4v) is 4.54. The zero-order valence-corrected chi connectivity index (χ0v) is 8.08. The van der Waals surface area contributed by atoms with E-state index in [4.69, 9.17) is 5.73 Å². The van der Waals surface area contributed by atoms with Gasteiger partial charge in [0, 0.05) is 18.1 Å². The van der Waals surface area contributed by atoms with Gasteiger partial charge in [-0.25, -0.2) is 0 Å². The van der Waals surface area contributed by atoms with Crippen molar-refractivity contribution in [1.29, 1.82) is 0 Å². The summed E-state index contributed by atoms with van der Waals surface area (Å²) >= 11 is 0. The predicted molar refractivity (Wildman–Crippen MR) is 51.0 cm³/mol. The first-order valence-corrected chi connectivity index (χ1v) is 5.61. The summed E-state index contributed by atoms with van der Waals surface area (Å²) in [6, 6.07) is 0. The molecule has 0 aromatic rings. The summed E-state index contributed by atoms with van der Waals surface area (Å²) in [5, 5.41) is 9.38. The highest BCUT2D eigenvalue weighted by Crippen LogP contribution is 2.57. The second-order valence-corrected chi connectivity index (χ2v) is 5.63. The van der Waals surface area contributed by atoms with E-state index in [0.29, 0.717) is 12.5 Å². The van der Waals surface area contributed by atoms with Gasteiger partial charge in [-0.3, -0.25) is 0 Å². The third-order valence-electron chi connectivity index (χ3n) is 4.78. The molecule has 3 unspecified atom stereocenters. The van der Waals surface area contributed by atoms with Crippen molar-refractivity contribution in [3.8, 4) is 0 Å². The van der Waals surface area contributed by atoms with Crippen molar-refractivity contribution in [3.63, 3.8) is 0 Å². The first-order chi connectivity index (χ1) is 6.21. The zero-order valence-electron chi connectivity index (χ0n) is 8.08. The Morgan fingerprint density at radius 1 is 1.15 bits per heavy atom. The third kappa shape index (κ3) is 1.02. The van der Waals surface area contributed by atoms with Crippen LogP contribution in [0, 0.1) is 23.7 Å². The van der Waals surface area contributed by atoms with E-state index in [2.05, 4.69) is 0 Å². The first kappa shape index (κ1) is 8.25. The van der Waals surface area contributed by atoms with Crippen LogP contribution in [-0.2, 0) is 0 Å². The molecule has 4 fully saturated rings. The molecule has 3 atom stereocenters. The van der Waals surface area contributed by atoms with E-state index < -0.39 is 0 Å². The summed E-state index contributed by atoms with van der Waals surface area (Å²) in [6.07, 6.45) is 6.49. The van der Waals surface area contributed by atoms with Gasteiger partial charge in [0.05, 0.1) is 0 Å². The molecule has 13 heavy (non-hydrogen) atoms. The molecule has 3 N–H and O–H groups in total. The van der Waals surface area contributed by atoms with Crippen molar-refractivity contribution < 1.29 is 5.11 Å².